The van der Waals surface area contributed by atoms with Crippen molar-refractivity contribution in [3.8, 4) is 0 Å². The number of carbonyl (C=O) groups is 2. The minimum atomic E-state index is -1.16. The molecule has 2 unspecified atom stereocenters. The summed E-state index contributed by atoms with van der Waals surface area (Å²) in [4.78, 5) is 25.0. The zero-order valence-corrected chi connectivity index (χ0v) is 12.2. The molecule has 0 saturated carbocycles. The number of hydrogen-bond donors (Lipinski definition) is 1. The number of benzene rings is 1. The van der Waals surface area contributed by atoms with Crippen LogP contribution in [0.1, 0.15) is 31.0 Å². The first-order valence-corrected chi connectivity index (χ1v) is 6.74. The normalized spacial score (nSPS) is 22.7. The summed E-state index contributed by atoms with van der Waals surface area (Å²) in [7, 11) is 0. The molecule has 0 aromatic heterocycles. The first kappa shape index (κ1) is 15.4. The molecule has 1 aromatic rings. The lowest BCUT2D eigenvalue weighted by molar-refractivity contribution is -0.175. The Balaban J connectivity index is 2.51. The zero-order valence-electron chi connectivity index (χ0n) is 12.2. The summed E-state index contributed by atoms with van der Waals surface area (Å²) in [6.45, 7) is 4.96. The van der Waals surface area contributed by atoms with Crippen molar-refractivity contribution >= 4 is 11.9 Å². The number of hydrogen-bond acceptors (Lipinski definition) is 3. The van der Waals surface area contributed by atoms with Gasteiger partial charge >= 0.3 is 5.97 Å². The molecule has 1 aromatic carbocycles. The summed E-state index contributed by atoms with van der Waals surface area (Å²) < 4.78 is 18.6. The van der Waals surface area contributed by atoms with Crippen molar-refractivity contribution in [2.24, 2.45) is 0 Å². The van der Waals surface area contributed by atoms with Crippen LogP contribution in [-0.2, 0) is 14.3 Å². The number of rotatable bonds is 3. The molecule has 2 rings (SSSR count). The number of aliphatic carboxylic acids is 1. The van der Waals surface area contributed by atoms with Gasteiger partial charge in [0.15, 0.2) is 6.10 Å². The first-order chi connectivity index (χ1) is 9.82. The van der Waals surface area contributed by atoms with Crippen LogP contribution in [0.15, 0.2) is 18.2 Å². The Morgan fingerprint density at radius 1 is 1.48 bits per heavy atom. The highest BCUT2D eigenvalue weighted by atomic mass is 19.1. The van der Waals surface area contributed by atoms with Crippen molar-refractivity contribution in [2.45, 2.75) is 39.0 Å². The fourth-order valence-electron chi connectivity index (χ4n) is 2.63. The number of carbonyl (C=O) groups excluding carboxylic acids is 1. The maximum Gasteiger partial charge on any atom is 0.335 e. The smallest absolute Gasteiger partial charge is 0.335 e. The number of nitrogens with zero attached hydrogens (tertiary/aromatic N) is 1. The highest BCUT2D eigenvalue weighted by Gasteiger charge is 2.43. The molecule has 0 bridgehead atoms. The second-order valence-corrected chi connectivity index (χ2v) is 5.42. The Morgan fingerprint density at radius 2 is 2.14 bits per heavy atom. The third-order valence-corrected chi connectivity index (χ3v) is 3.58. The summed E-state index contributed by atoms with van der Waals surface area (Å²) in [5, 5.41) is 9.34. The number of amides is 1. The van der Waals surface area contributed by atoms with Gasteiger partial charge in [0.2, 0.25) is 5.91 Å². The van der Waals surface area contributed by atoms with Gasteiger partial charge < -0.3 is 14.7 Å². The second-order valence-electron chi connectivity index (χ2n) is 5.42. The van der Waals surface area contributed by atoms with Crippen LogP contribution >= 0.6 is 0 Å². The van der Waals surface area contributed by atoms with Gasteiger partial charge in [-0.2, -0.15) is 0 Å². The van der Waals surface area contributed by atoms with Gasteiger partial charge in [0, 0.05) is 6.04 Å². The highest BCUT2D eigenvalue weighted by molar-refractivity contribution is 5.83. The summed E-state index contributed by atoms with van der Waals surface area (Å²) in [5.41, 5.74) is 0.960. The van der Waals surface area contributed by atoms with E-state index in [9.17, 15) is 19.1 Å². The van der Waals surface area contributed by atoms with E-state index >= 15 is 0 Å². The minimum absolute atomic E-state index is 0.182. The lowest BCUT2D eigenvalue weighted by Gasteiger charge is -2.42. The number of halogens is 1. The third-order valence-electron chi connectivity index (χ3n) is 3.58. The molecule has 1 saturated heterocycles. The van der Waals surface area contributed by atoms with E-state index in [-0.39, 0.29) is 24.4 Å². The standard InChI is InChI=1S/C15H18FNO4/c1-8(2)17-12(18)7-21-14(15(19)20)13(17)10-4-5-11(16)9(3)6-10/h4-6,8,13-14H,7H2,1-3H3,(H,19,20). The molecule has 5 nitrogen and oxygen atoms in total. The molecule has 0 spiro atoms. The van der Waals surface area contributed by atoms with Crippen LogP contribution in [0.25, 0.3) is 0 Å². The van der Waals surface area contributed by atoms with E-state index in [0.717, 1.165) is 0 Å². The van der Waals surface area contributed by atoms with Crippen LogP contribution in [0.3, 0.4) is 0 Å². The maximum absolute atomic E-state index is 13.4. The molecule has 1 aliphatic heterocycles. The first-order valence-electron chi connectivity index (χ1n) is 6.74. The number of morpholine rings is 1. The molecule has 0 radical (unpaired) electrons. The van der Waals surface area contributed by atoms with E-state index in [1.165, 1.54) is 17.0 Å². The van der Waals surface area contributed by atoms with E-state index in [1.54, 1.807) is 13.0 Å². The minimum Gasteiger partial charge on any atom is -0.479 e. The van der Waals surface area contributed by atoms with Crippen LogP contribution in [-0.4, -0.2) is 40.6 Å². The summed E-state index contributed by atoms with van der Waals surface area (Å²) in [6, 6.07) is 3.40. The Bertz CT molecular complexity index is 573. The van der Waals surface area contributed by atoms with Crippen molar-refractivity contribution in [3.63, 3.8) is 0 Å². The van der Waals surface area contributed by atoms with Crippen molar-refractivity contribution in [1.82, 2.24) is 4.90 Å². The Kier molecular flexibility index (Phi) is 4.27. The monoisotopic (exact) mass is 295 g/mol. The fraction of sp³-hybridized carbons (Fsp3) is 0.467. The van der Waals surface area contributed by atoms with Crippen LogP contribution in [0.2, 0.25) is 0 Å². The number of aryl methyl sites for hydroxylation is 1. The molecule has 114 valence electrons. The Labute approximate surface area is 122 Å². The van der Waals surface area contributed by atoms with E-state index in [2.05, 4.69) is 0 Å². The number of ether oxygens (including phenoxy) is 1. The molecule has 1 aliphatic rings. The Hall–Kier alpha value is -1.95. The van der Waals surface area contributed by atoms with Gasteiger partial charge in [0.1, 0.15) is 12.4 Å². The van der Waals surface area contributed by atoms with Gasteiger partial charge in [0.25, 0.3) is 0 Å². The van der Waals surface area contributed by atoms with Gasteiger partial charge in [-0.25, -0.2) is 9.18 Å². The van der Waals surface area contributed by atoms with Crippen molar-refractivity contribution in [3.05, 3.63) is 35.1 Å². The molecule has 0 aliphatic carbocycles. The van der Waals surface area contributed by atoms with Crippen molar-refractivity contribution in [1.29, 1.82) is 0 Å². The van der Waals surface area contributed by atoms with Gasteiger partial charge in [-0.15, -0.1) is 0 Å². The van der Waals surface area contributed by atoms with Gasteiger partial charge in [0.05, 0.1) is 6.04 Å². The predicted molar refractivity (Wildman–Crippen MR) is 73.2 cm³/mol. The quantitative estimate of drug-likeness (QED) is 0.925. The number of carboxylic acid groups (broad SMARTS) is 1. The average Bonchev–Trinajstić information content (AvgIpc) is 2.40. The maximum atomic E-state index is 13.4. The molecule has 1 fully saturated rings. The van der Waals surface area contributed by atoms with Crippen LogP contribution in [0.5, 0.6) is 0 Å². The van der Waals surface area contributed by atoms with E-state index in [4.69, 9.17) is 4.74 Å². The van der Waals surface area contributed by atoms with Gasteiger partial charge in [-0.05, 0) is 38.0 Å². The fourth-order valence-corrected chi connectivity index (χ4v) is 2.63. The van der Waals surface area contributed by atoms with E-state index in [1.807, 2.05) is 13.8 Å². The van der Waals surface area contributed by atoms with Crippen LogP contribution in [0, 0.1) is 12.7 Å². The van der Waals surface area contributed by atoms with Crippen LogP contribution < -0.4 is 0 Å². The molecular formula is C15H18FNO4. The largest absolute Gasteiger partial charge is 0.479 e. The molecule has 6 heteroatoms. The zero-order chi connectivity index (χ0) is 15.7. The molecule has 1 N–H and O–H groups in total. The van der Waals surface area contributed by atoms with Crippen molar-refractivity contribution < 1.29 is 23.8 Å². The molecule has 2 atom stereocenters. The SMILES string of the molecule is Cc1cc(C2C(C(=O)O)OCC(=O)N2C(C)C)ccc1F. The van der Waals surface area contributed by atoms with Crippen molar-refractivity contribution in [2.75, 3.05) is 6.61 Å². The lowest BCUT2D eigenvalue weighted by Crippen LogP contribution is -2.54. The topological polar surface area (TPSA) is 66.8 Å². The summed E-state index contributed by atoms with van der Waals surface area (Å²) in [5.74, 6) is -1.78. The average molecular weight is 295 g/mol. The van der Waals surface area contributed by atoms with E-state index < -0.39 is 18.1 Å². The molecule has 1 heterocycles. The molecule has 21 heavy (non-hydrogen) atoms. The molecular weight excluding hydrogens is 277 g/mol. The lowest BCUT2D eigenvalue weighted by atomic mass is 9.95. The second kappa shape index (κ2) is 5.81. The summed E-state index contributed by atoms with van der Waals surface area (Å²) >= 11 is 0. The highest BCUT2D eigenvalue weighted by Crippen LogP contribution is 2.32. The Morgan fingerprint density at radius 3 is 2.67 bits per heavy atom. The summed E-state index contributed by atoms with van der Waals surface area (Å²) in [6.07, 6.45) is -1.16. The van der Waals surface area contributed by atoms with Crippen LogP contribution in [0.4, 0.5) is 4.39 Å². The third kappa shape index (κ3) is 2.90. The molecule has 1 amide bonds. The van der Waals surface area contributed by atoms with Gasteiger partial charge in [-0.3, -0.25) is 4.79 Å². The van der Waals surface area contributed by atoms with E-state index in [0.29, 0.717) is 11.1 Å². The predicted octanol–water partition coefficient (Wildman–Crippen LogP) is 1.90. The number of carboxylic acids is 1. The van der Waals surface area contributed by atoms with Gasteiger partial charge in [-0.1, -0.05) is 12.1 Å².